The minimum Gasteiger partial charge on any atom is -0.452 e. The Kier molecular flexibility index (Phi) is 2.46. The van der Waals surface area contributed by atoms with Crippen LogP contribution in [0.25, 0.3) is 0 Å². The minimum atomic E-state index is -0.539. The number of hydrogen-bond donors (Lipinski definition) is 1. The topological polar surface area (TPSA) is 55.4 Å². The van der Waals surface area contributed by atoms with Crippen molar-refractivity contribution in [1.29, 1.82) is 0 Å². The van der Waals surface area contributed by atoms with E-state index in [9.17, 15) is 9.59 Å². The Hall–Kier alpha value is -1.06. The molecule has 0 aromatic carbocycles. The van der Waals surface area contributed by atoms with Crippen LogP contribution in [0, 0.1) is 0 Å². The molecule has 62 valence electrons. The zero-order chi connectivity index (χ0) is 8.27. The van der Waals surface area contributed by atoms with Gasteiger partial charge in [0.2, 0.25) is 0 Å². The van der Waals surface area contributed by atoms with E-state index in [0.717, 1.165) is 0 Å². The van der Waals surface area contributed by atoms with Crippen molar-refractivity contribution >= 4 is 11.9 Å². The number of nitrogens with one attached hydrogen (secondary N) is 1. The first kappa shape index (κ1) is 8.04. The molecule has 1 aliphatic heterocycles. The van der Waals surface area contributed by atoms with E-state index in [-0.39, 0.29) is 11.9 Å². The van der Waals surface area contributed by atoms with Crippen LogP contribution in [-0.2, 0) is 14.3 Å². The van der Waals surface area contributed by atoms with Gasteiger partial charge in [0.05, 0.1) is 0 Å². The molecule has 1 amide bonds. The van der Waals surface area contributed by atoms with Gasteiger partial charge in [-0.1, -0.05) is 6.92 Å². The Balaban J connectivity index is 2.36. The molecule has 1 saturated heterocycles. The van der Waals surface area contributed by atoms with Gasteiger partial charge in [-0.3, -0.25) is 9.59 Å². The second-order valence-electron chi connectivity index (χ2n) is 2.41. The average molecular weight is 157 g/mol. The first-order valence-corrected chi connectivity index (χ1v) is 3.71. The third-order valence-corrected chi connectivity index (χ3v) is 1.56. The van der Waals surface area contributed by atoms with Gasteiger partial charge in [-0.05, 0) is 0 Å². The van der Waals surface area contributed by atoms with E-state index in [4.69, 9.17) is 4.74 Å². The van der Waals surface area contributed by atoms with Crippen LogP contribution in [-0.4, -0.2) is 24.5 Å². The molecule has 0 aromatic heterocycles. The molecule has 0 aromatic rings. The van der Waals surface area contributed by atoms with Crippen molar-refractivity contribution in [2.24, 2.45) is 0 Å². The van der Waals surface area contributed by atoms with Crippen LogP contribution in [0.5, 0.6) is 0 Å². The predicted molar refractivity (Wildman–Crippen MR) is 37.8 cm³/mol. The second-order valence-corrected chi connectivity index (χ2v) is 2.41. The fourth-order valence-electron chi connectivity index (χ4n) is 0.926. The van der Waals surface area contributed by atoms with E-state index in [0.29, 0.717) is 19.4 Å². The van der Waals surface area contributed by atoms with Crippen molar-refractivity contribution < 1.29 is 14.3 Å². The van der Waals surface area contributed by atoms with E-state index < -0.39 is 6.10 Å². The predicted octanol–water partition coefficient (Wildman–Crippen LogP) is -0.172. The third kappa shape index (κ3) is 1.93. The molecule has 0 aliphatic carbocycles. The standard InChI is InChI=1S/C7H11NO3/c1-2-6(9)11-5-3-4-8-7(5)10/h5H,2-4H2,1H3,(H,8,10)/t5-/m0/s1. The molecular formula is C7H11NO3. The van der Waals surface area contributed by atoms with Crippen LogP contribution in [0.2, 0.25) is 0 Å². The number of amides is 1. The number of esters is 1. The number of carbonyl (C=O) groups excluding carboxylic acids is 2. The molecule has 4 nitrogen and oxygen atoms in total. The first-order valence-electron chi connectivity index (χ1n) is 3.71. The molecule has 0 saturated carbocycles. The summed E-state index contributed by atoms with van der Waals surface area (Å²) in [7, 11) is 0. The van der Waals surface area contributed by atoms with Gasteiger partial charge in [-0.2, -0.15) is 0 Å². The molecule has 0 bridgehead atoms. The molecule has 0 spiro atoms. The Morgan fingerprint density at radius 2 is 2.55 bits per heavy atom. The lowest BCUT2D eigenvalue weighted by Gasteiger charge is -2.06. The highest BCUT2D eigenvalue weighted by Crippen LogP contribution is 2.05. The van der Waals surface area contributed by atoms with Crippen molar-refractivity contribution in [3.8, 4) is 0 Å². The van der Waals surface area contributed by atoms with Crippen molar-refractivity contribution in [2.75, 3.05) is 6.54 Å². The summed E-state index contributed by atoms with van der Waals surface area (Å²) >= 11 is 0. The molecule has 1 N–H and O–H groups in total. The van der Waals surface area contributed by atoms with Crippen molar-refractivity contribution in [3.63, 3.8) is 0 Å². The fourth-order valence-corrected chi connectivity index (χ4v) is 0.926. The Morgan fingerprint density at radius 1 is 1.82 bits per heavy atom. The van der Waals surface area contributed by atoms with Crippen LogP contribution in [0.15, 0.2) is 0 Å². The first-order chi connectivity index (χ1) is 5.24. The highest BCUT2D eigenvalue weighted by atomic mass is 16.5. The third-order valence-electron chi connectivity index (χ3n) is 1.56. The summed E-state index contributed by atoms with van der Waals surface area (Å²) < 4.78 is 4.82. The molecule has 1 heterocycles. The van der Waals surface area contributed by atoms with Gasteiger partial charge < -0.3 is 10.1 Å². The summed E-state index contributed by atoms with van der Waals surface area (Å²) in [5.41, 5.74) is 0. The van der Waals surface area contributed by atoms with E-state index in [1.807, 2.05) is 0 Å². The Morgan fingerprint density at radius 3 is 3.00 bits per heavy atom. The Bertz CT molecular complexity index is 179. The van der Waals surface area contributed by atoms with Crippen LogP contribution in [0.3, 0.4) is 0 Å². The molecule has 1 fully saturated rings. The largest absolute Gasteiger partial charge is 0.452 e. The van der Waals surface area contributed by atoms with E-state index in [1.165, 1.54) is 0 Å². The number of carbonyl (C=O) groups is 2. The highest BCUT2D eigenvalue weighted by Gasteiger charge is 2.26. The molecule has 1 aliphatic rings. The zero-order valence-electron chi connectivity index (χ0n) is 6.42. The molecule has 0 radical (unpaired) electrons. The minimum absolute atomic E-state index is 0.174. The monoisotopic (exact) mass is 157 g/mol. The lowest BCUT2D eigenvalue weighted by Crippen LogP contribution is -2.27. The highest BCUT2D eigenvalue weighted by molar-refractivity contribution is 5.85. The molecule has 4 heteroatoms. The van der Waals surface area contributed by atoms with Gasteiger partial charge in [0.25, 0.3) is 5.91 Å². The van der Waals surface area contributed by atoms with Gasteiger partial charge >= 0.3 is 5.97 Å². The molecule has 0 unspecified atom stereocenters. The lowest BCUT2D eigenvalue weighted by atomic mass is 10.3. The summed E-state index contributed by atoms with van der Waals surface area (Å²) in [5, 5.41) is 2.58. The van der Waals surface area contributed by atoms with Crippen LogP contribution >= 0.6 is 0 Å². The normalized spacial score (nSPS) is 23.0. The van der Waals surface area contributed by atoms with Gasteiger partial charge in [-0.25, -0.2) is 0 Å². The van der Waals surface area contributed by atoms with Crippen LogP contribution < -0.4 is 5.32 Å². The van der Waals surface area contributed by atoms with Gasteiger partial charge in [-0.15, -0.1) is 0 Å². The lowest BCUT2D eigenvalue weighted by molar-refractivity contribution is -0.153. The SMILES string of the molecule is CCC(=O)O[C@H]1CCNC1=O. The fraction of sp³-hybridized carbons (Fsp3) is 0.714. The van der Waals surface area contributed by atoms with Crippen LogP contribution in [0.4, 0.5) is 0 Å². The summed E-state index contributed by atoms with van der Waals surface area (Å²) in [4.78, 5) is 21.5. The maximum Gasteiger partial charge on any atom is 0.306 e. The van der Waals surface area contributed by atoms with Crippen molar-refractivity contribution in [2.45, 2.75) is 25.9 Å². The second kappa shape index (κ2) is 3.37. The quantitative estimate of drug-likeness (QED) is 0.566. The molecule has 1 atom stereocenters. The van der Waals surface area contributed by atoms with Gasteiger partial charge in [0.15, 0.2) is 6.10 Å². The van der Waals surface area contributed by atoms with Crippen molar-refractivity contribution in [3.05, 3.63) is 0 Å². The average Bonchev–Trinajstić information content (AvgIpc) is 2.37. The van der Waals surface area contributed by atoms with Crippen molar-refractivity contribution in [1.82, 2.24) is 5.32 Å². The van der Waals surface area contributed by atoms with E-state index in [1.54, 1.807) is 6.92 Å². The summed E-state index contributed by atoms with van der Waals surface area (Å²) in [6.45, 7) is 2.32. The van der Waals surface area contributed by atoms with Crippen LogP contribution in [0.1, 0.15) is 19.8 Å². The molecule has 1 rings (SSSR count). The summed E-state index contributed by atoms with van der Waals surface area (Å²) in [6, 6.07) is 0. The number of ether oxygens (including phenoxy) is 1. The van der Waals surface area contributed by atoms with Gasteiger partial charge in [0, 0.05) is 19.4 Å². The van der Waals surface area contributed by atoms with E-state index >= 15 is 0 Å². The van der Waals surface area contributed by atoms with E-state index in [2.05, 4.69) is 5.32 Å². The summed E-state index contributed by atoms with van der Waals surface area (Å²) in [6.07, 6.45) is 0.386. The zero-order valence-corrected chi connectivity index (χ0v) is 6.42. The summed E-state index contributed by atoms with van der Waals surface area (Å²) in [5.74, 6) is -0.487. The number of hydrogen-bond acceptors (Lipinski definition) is 3. The molecule has 11 heavy (non-hydrogen) atoms. The maximum atomic E-state index is 10.8. The maximum absolute atomic E-state index is 10.8. The molecular weight excluding hydrogens is 146 g/mol. The van der Waals surface area contributed by atoms with Gasteiger partial charge in [0.1, 0.15) is 0 Å². The smallest absolute Gasteiger partial charge is 0.306 e. The Labute approximate surface area is 64.9 Å². The number of rotatable bonds is 2.